The van der Waals surface area contributed by atoms with Gasteiger partial charge in [-0.3, -0.25) is 14.6 Å². The molecule has 0 unspecified atom stereocenters. The van der Waals surface area contributed by atoms with E-state index in [1.54, 1.807) is 23.6 Å². The molecule has 7 nitrogen and oxygen atoms in total. The molecule has 1 aliphatic heterocycles. The van der Waals surface area contributed by atoms with Gasteiger partial charge in [0.05, 0.1) is 22.1 Å². The summed E-state index contributed by atoms with van der Waals surface area (Å²) in [5.41, 5.74) is 1.90. The van der Waals surface area contributed by atoms with Crippen molar-refractivity contribution in [1.29, 1.82) is 0 Å². The molecule has 9 heteroatoms. The normalized spacial score (nSPS) is 15.8. The number of carbonyl (C=O) groups is 1. The third-order valence-electron chi connectivity index (χ3n) is 5.66. The molecule has 3 aromatic heterocycles. The van der Waals surface area contributed by atoms with Crippen LogP contribution in [0, 0.1) is 6.92 Å². The summed E-state index contributed by atoms with van der Waals surface area (Å²) in [5.74, 6) is 1.22. The first kappa shape index (κ1) is 22.3. The summed E-state index contributed by atoms with van der Waals surface area (Å²) >= 11 is 1.63. The van der Waals surface area contributed by atoms with Gasteiger partial charge in [-0.05, 0) is 47.5 Å². The van der Waals surface area contributed by atoms with Crippen LogP contribution in [-0.4, -0.2) is 45.0 Å². The predicted molar refractivity (Wildman–Crippen MR) is 132 cm³/mol. The van der Waals surface area contributed by atoms with Crippen LogP contribution in [-0.2, 0) is 4.79 Å². The third kappa shape index (κ3) is 4.10. The maximum Gasteiger partial charge on any atom is 0.259 e. The second-order valence-corrected chi connectivity index (χ2v) is 8.75. The Morgan fingerprint density at radius 2 is 2.19 bits per heavy atom. The zero-order valence-corrected chi connectivity index (χ0v) is 19.7. The Labute approximate surface area is 195 Å². The van der Waals surface area contributed by atoms with E-state index in [0.29, 0.717) is 47.7 Å². The van der Waals surface area contributed by atoms with E-state index in [-0.39, 0.29) is 31.1 Å². The summed E-state index contributed by atoms with van der Waals surface area (Å²) in [7, 11) is 0. The lowest BCUT2D eigenvalue weighted by atomic mass is 10.1. The molecule has 166 valence electrons. The van der Waals surface area contributed by atoms with E-state index in [2.05, 4.69) is 9.97 Å². The number of likely N-dealkylation sites (tertiary alicyclic amines) is 1. The molecule has 1 atom stereocenters. The summed E-state index contributed by atoms with van der Waals surface area (Å²) in [4.78, 5) is 38.6. The zero-order chi connectivity index (χ0) is 21.5. The molecule has 32 heavy (non-hydrogen) atoms. The molecule has 0 radical (unpaired) electrons. The number of amides is 1. The molecule has 1 aliphatic rings. The first-order chi connectivity index (χ1) is 15.0. The molecular formula is C23H24N4O3S2. The number of nitrogens with zero attached hydrogens (tertiary/aromatic N) is 3. The number of hydrogen-bond donors (Lipinski definition) is 1. The Hall–Kier alpha value is -2.91. The number of carbonyl (C=O) groups excluding carboxylic acids is 1. The lowest BCUT2D eigenvalue weighted by Crippen LogP contribution is -2.30. The number of pyridine rings is 1. The van der Waals surface area contributed by atoms with E-state index >= 15 is 0 Å². The Morgan fingerprint density at radius 1 is 1.34 bits per heavy atom. The molecule has 0 bridgehead atoms. The van der Waals surface area contributed by atoms with E-state index in [4.69, 9.17) is 9.72 Å². The van der Waals surface area contributed by atoms with Crippen molar-refractivity contribution >= 4 is 51.7 Å². The smallest absolute Gasteiger partial charge is 0.259 e. The highest BCUT2D eigenvalue weighted by molar-refractivity contribution is 7.59. The predicted octanol–water partition coefficient (Wildman–Crippen LogP) is 4.01. The molecule has 0 spiro atoms. The third-order valence-corrected chi connectivity index (χ3v) is 6.53. The lowest BCUT2D eigenvalue weighted by molar-refractivity contribution is -0.130. The number of benzene rings is 1. The summed E-state index contributed by atoms with van der Waals surface area (Å²) in [6.45, 7) is 5.07. The average Bonchev–Trinajstić information content (AvgIpc) is 3.42. The van der Waals surface area contributed by atoms with Crippen LogP contribution in [0.1, 0.15) is 25.3 Å². The monoisotopic (exact) mass is 468 g/mol. The maximum absolute atomic E-state index is 12.9. The van der Waals surface area contributed by atoms with Crippen molar-refractivity contribution in [1.82, 2.24) is 19.9 Å². The van der Waals surface area contributed by atoms with E-state index in [9.17, 15) is 9.59 Å². The molecule has 1 fully saturated rings. The van der Waals surface area contributed by atoms with Gasteiger partial charge in [-0.2, -0.15) is 13.5 Å². The van der Waals surface area contributed by atoms with Crippen molar-refractivity contribution in [3.63, 3.8) is 0 Å². The van der Waals surface area contributed by atoms with Gasteiger partial charge in [-0.1, -0.05) is 6.92 Å². The number of hydrogen-bond acceptors (Lipinski definition) is 6. The number of ether oxygens (including phenoxy) is 1. The van der Waals surface area contributed by atoms with E-state index in [1.165, 1.54) is 0 Å². The molecular weight excluding hydrogens is 444 g/mol. The number of nitrogens with one attached hydrogen (secondary N) is 1. The minimum Gasteiger partial charge on any atom is -0.488 e. The Bertz CT molecular complexity index is 1360. The van der Waals surface area contributed by atoms with E-state index in [1.807, 2.05) is 42.3 Å². The number of aromatic amines is 1. The van der Waals surface area contributed by atoms with Crippen LogP contribution in [0.5, 0.6) is 5.75 Å². The molecule has 1 N–H and O–H groups in total. The SMILES string of the molecule is CCC(=O)N1CC[C@H](Oc2cc(C)c3nc(-c4cc5ccsc5cn4)[nH]c(=O)c3c2)C1.S. The molecule has 5 rings (SSSR count). The minimum absolute atomic E-state index is 0. The van der Waals surface area contributed by atoms with E-state index < -0.39 is 0 Å². The van der Waals surface area contributed by atoms with Crippen molar-refractivity contribution in [2.45, 2.75) is 32.8 Å². The minimum atomic E-state index is -0.227. The van der Waals surface area contributed by atoms with Gasteiger partial charge in [0, 0.05) is 25.6 Å². The van der Waals surface area contributed by atoms with Gasteiger partial charge in [0.15, 0.2) is 5.82 Å². The van der Waals surface area contributed by atoms with E-state index in [0.717, 1.165) is 22.1 Å². The Morgan fingerprint density at radius 3 is 3.00 bits per heavy atom. The second-order valence-electron chi connectivity index (χ2n) is 7.80. The highest BCUT2D eigenvalue weighted by Gasteiger charge is 2.27. The topological polar surface area (TPSA) is 88.2 Å². The van der Waals surface area contributed by atoms with Crippen molar-refractivity contribution in [3.05, 3.63) is 51.8 Å². The van der Waals surface area contributed by atoms with Gasteiger partial charge in [0.1, 0.15) is 17.5 Å². The van der Waals surface area contributed by atoms with Crippen LogP contribution < -0.4 is 10.3 Å². The van der Waals surface area contributed by atoms with Crippen molar-refractivity contribution in [2.24, 2.45) is 0 Å². The van der Waals surface area contributed by atoms with Crippen LogP contribution in [0.3, 0.4) is 0 Å². The van der Waals surface area contributed by atoms with Crippen molar-refractivity contribution in [2.75, 3.05) is 13.1 Å². The Kier molecular flexibility index (Phi) is 6.21. The largest absolute Gasteiger partial charge is 0.488 e. The van der Waals surface area contributed by atoms with Crippen LogP contribution in [0.25, 0.3) is 32.5 Å². The van der Waals surface area contributed by atoms with Gasteiger partial charge in [0.2, 0.25) is 5.91 Å². The summed E-state index contributed by atoms with van der Waals surface area (Å²) < 4.78 is 7.21. The van der Waals surface area contributed by atoms with Gasteiger partial charge in [0.25, 0.3) is 5.56 Å². The second kappa shape index (κ2) is 8.91. The number of fused-ring (bicyclic) bond motifs is 2. The Balaban J connectivity index is 0.00000245. The van der Waals surface area contributed by atoms with Crippen LogP contribution in [0.2, 0.25) is 0 Å². The van der Waals surface area contributed by atoms with Gasteiger partial charge in [-0.15, -0.1) is 11.3 Å². The number of aromatic nitrogens is 3. The number of thiophene rings is 1. The highest BCUT2D eigenvalue weighted by atomic mass is 32.1. The summed E-state index contributed by atoms with van der Waals surface area (Å²) in [5, 5.41) is 3.57. The molecule has 0 aliphatic carbocycles. The molecule has 1 saturated heterocycles. The number of aryl methyl sites for hydroxylation is 1. The van der Waals surface area contributed by atoms with Crippen LogP contribution in [0.15, 0.2) is 40.6 Å². The summed E-state index contributed by atoms with van der Waals surface area (Å²) in [6.07, 6.45) is 3.02. The van der Waals surface area contributed by atoms with Gasteiger partial charge < -0.3 is 14.6 Å². The van der Waals surface area contributed by atoms with Gasteiger partial charge in [-0.25, -0.2) is 4.98 Å². The van der Waals surface area contributed by atoms with Crippen LogP contribution in [0.4, 0.5) is 0 Å². The lowest BCUT2D eigenvalue weighted by Gasteiger charge is -2.17. The quantitative estimate of drug-likeness (QED) is 0.489. The summed E-state index contributed by atoms with van der Waals surface area (Å²) in [6, 6.07) is 7.60. The molecule has 4 aromatic rings. The number of H-pyrrole nitrogens is 1. The van der Waals surface area contributed by atoms with Crippen molar-refractivity contribution in [3.8, 4) is 17.3 Å². The highest BCUT2D eigenvalue weighted by Crippen LogP contribution is 2.27. The van der Waals surface area contributed by atoms with Crippen LogP contribution >= 0.6 is 24.8 Å². The fraction of sp³-hybridized carbons (Fsp3) is 0.304. The zero-order valence-electron chi connectivity index (χ0n) is 17.8. The van der Waals surface area contributed by atoms with Crippen molar-refractivity contribution < 1.29 is 9.53 Å². The fourth-order valence-electron chi connectivity index (χ4n) is 4.04. The molecule has 4 heterocycles. The molecule has 1 amide bonds. The molecule has 1 aromatic carbocycles. The average molecular weight is 469 g/mol. The molecule has 0 saturated carbocycles. The maximum atomic E-state index is 12.9. The first-order valence-electron chi connectivity index (χ1n) is 10.3. The van der Waals surface area contributed by atoms with Gasteiger partial charge >= 0.3 is 0 Å². The first-order valence-corrected chi connectivity index (χ1v) is 11.2. The number of rotatable bonds is 4. The standard InChI is InChI=1S/C23H22N4O3S.H2S/c1-3-20(28)27-6-4-15(12-27)30-16-8-13(2)21-17(10-16)23(29)26-22(25-21)18-9-14-5-7-31-19(14)11-24-18;/h5,7-11,15H,3-4,6,12H2,1-2H3,(H,25,26,29);1H2/t15-;/m0./s1. The fourth-order valence-corrected chi connectivity index (χ4v) is 4.77.